The van der Waals surface area contributed by atoms with E-state index >= 15 is 0 Å². The SMILES string of the molecule is [2H]C(c1ccc(-c2ccc(OC)nc2)cc1)N(C(=O)C1CCCCC1)c1cccc(/C=C/C(=O)O)c1. The van der Waals surface area contributed by atoms with Crippen molar-refractivity contribution in [3.8, 4) is 17.0 Å². The van der Waals surface area contributed by atoms with E-state index in [0.717, 1.165) is 49.3 Å². The van der Waals surface area contributed by atoms with Crippen molar-refractivity contribution >= 4 is 23.6 Å². The Labute approximate surface area is 207 Å². The number of benzene rings is 2. The molecular formula is C29H30N2O4. The molecule has 0 radical (unpaired) electrons. The number of methoxy groups -OCH3 is 1. The molecule has 1 heterocycles. The smallest absolute Gasteiger partial charge is 0.328 e. The molecule has 1 aliphatic carbocycles. The maximum Gasteiger partial charge on any atom is 0.328 e. The van der Waals surface area contributed by atoms with Crippen molar-refractivity contribution in [2.45, 2.75) is 38.6 Å². The molecule has 6 nitrogen and oxygen atoms in total. The van der Waals surface area contributed by atoms with Crippen molar-refractivity contribution in [3.63, 3.8) is 0 Å². The second-order valence-corrected chi connectivity index (χ2v) is 8.65. The predicted octanol–water partition coefficient (Wildman–Crippen LogP) is 5.97. The zero-order valence-corrected chi connectivity index (χ0v) is 19.8. The summed E-state index contributed by atoms with van der Waals surface area (Å²) in [5, 5.41) is 8.99. The molecule has 1 saturated carbocycles. The Bertz CT molecular complexity index is 1220. The van der Waals surface area contributed by atoms with Gasteiger partial charge in [-0.15, -0.1) is 0 Å². The van der Waals surface area contributed by atoms with Gasteiger partial charge in [-0.3, -0.25) is 4.79 Å². The average molecular weight is 472 g/mol. The van der Waals surface area contributed by atoms with E-state index in [0.29, 0.717) is 22.7 Å². The van der Waals surface area contributed by atoms with Crippen molar-refractivity contribution in [3.05, 3.63) is 84.1 Å². The largest absolute Gasteiger partial charge is 0.481 e. The molecule has 0 saturated heterocycles. The number of hydrogen-bond donors (Lipinski definition) is 1. The first-order valence-corrected chi connectivity index (χ1v) is 11.8. The molecule has 3 aromatic rings. The standard InChI is InChI=1S/C29H30N2O4/c1-35-27-16-15-25(19-30-27)23-13-10-22(11-14-23)20-31(29(34)24-7-3-2-4-8-24)26-9-5-6-21(18-26)12-17-28(32)33/h5-6,9-19,24H,2-4,7-8,20H2,1H3,(H,32,33)/b17-12+/i20D. The third-order valence-electron chi connectivity index (χ3n) is 6.23. The van der Waals surface area contributed by atoms with Crippen molar-refractivity contribution in [2.24, 2.45) is 5.92 Å². The van der Waals surface area contributed by atoms with E-state index in [2.05, 4.69) is 4.98 Å². The van der Waals surface area contributed by atoms with Crippen LogP contribution in [0, 0.1) is 5.92 Å². The Kier molecular flexibility index (Phi) is 7.49. The third kappa shape index (κ3) is 6.35. The van der Waals surface area contributed by atoms with Gasteiger partial charge in [-0.05, 0) is 53.8 Å². The minimum Gasteiger partial charge on any atom is -0.481 e. The van der Waals surface area contributed by atoms with Gasteiger partial charge in [-0.2, -0.15) is 0 Å². The molecule has 1 amide bonds. The highest BCUT2D eigenvalue weighted by Gasteiger charge is 2.27. The van der Waals surface area contributed by atoms with Crippen molar-refractivity contribution in [2.75, 3.05) is 12.0 Å². The summed E-state index contributed by atoms with van der Waals surface area (Å²) in [5.41, 5.74) is 3.81. The molecule has 0 spiro atoms. The number of carbonyl (C=O) groups is 2. The lowest BCUT2D eigenvalue weighted by atomic mass is 9.88. The maximum atomic E-state index is 13.7. The summed E-state index contributed by atoms with van der Waals surface area (Å²) in [6.45, 7) is -0.943. The minimum absolute atomic E-state index is 0.0579. The Morgan fingerprint density at radius 1 is 1.09 bits per heavy atom. The summed E-state index contributed by atoms with van der Waals surface area (Å²) < 4.78 is 14.2. The first kappa shape index (κ1) is 22.8. The number of anilines is 1. The molecule has 2 aromatic carbocycles. The number of aromatic nitrogens is 1. The lowest BCUT2D eigenvalue weighted by Gasteiger charge is -2.30. The van der Waals surface area contributed by atoms with Crippen molar-refractivity contribution in [1.82, 2.24) is 4.98 Å². The summed E-state index contributed by atoms with van der Waals surface area (Å²) in [6.07, 6.45) is 9.10. The van der Waals surface area contributed by atoms with Gasteiger partial charge in [0, 0.05) is 35.5 Å². The Morgan fingerprint density at radius 3 is 2.49 bits per heavy atom. The highest BCUT2D eigenvalue weighted by Crippen LogP contribution is 2.30. The average Bonchev–Trinajstić information content (AvgIpc) is 2.93. The highest BCUT2D eigenvalue weighted by molar-refractivity contribution is 5.95. The fourth-order valence-electron chi connectivity index (χ4n) is 4.34. The molecule has 4 rings (SSSR count). The van der Waals surface area contributed by atoms with Crippen LogP contribution in [0.4, 0.5) is 5.69 Å². The van der Waals surface area contributed by atoms with E-state index in [9.17, 15) is 9.59 Å². The van der Waals surface area contributed by atoms with Crippen LogP contribution in [0.1, 0.15) is 44.6 Å². The molecule has 180 valence electrons. The highest BCUT2D eigenvalue weighted by atomic mass is 16.5. The number of hydrogen-bond acceptors (Lipinski definition) is 4. The lowest BCUT2D eigenvalue weighted by molar-refractivity contribution is -0.131. The number of carboxylic acids is 1. The zero-order valence-electron chi connectivity index (χ0n) is 20.8. The van der Waals surface area contributed by atoms with Gasteiger partial charge in [0.25, 0.3) is 0 Å². The molecule has 1 unspecified atom stereocenters. The van der Waals surface area contributed by atoms with Crippen LogP contribution in [0.2, 0.25) is 0 Å². The van der Waals surface area contributed by atoms with Crippen LogP contribution in [0.25, 0.3) is 17.2 Å². The van der Waals surface area contributed by atoms with Gasteiger partial charge in [0.15, 0.2) is 0 Å². The number of rotatable bonds is 8. The third-order valence-corrected chi connectivity index (χ3v) is 6.23. The second kappa shape index (κ2) is 11.5. The molecule has 1 aliphatic rings. The molecule has 0 aliphatic heterocycles. The summed E-state index contributed by atoms with van der Waals surface area (Å²) >= 11 is 0. The quantitative estimate of drug-likeness (QED) is 0.410. The number of carbonyl (C=O) groups excluding carboxylic acids is 1. The van der Waals surface area contributed by atoms with E-state index in [1.54, 1.807) is 48.5 Å². The first-order chi connectivity index (χ1) is 17.5. The van der Waals surface area contributed by atoms with Gasteiger partial charge < -0.3 is 14.7 Å². The van der Waals surface area contributed by atoms with Gasteiger partial charge in [0.2, 0.25) is 11.8 Å². The molecular weight excluding hydrogens is 440 g/mol. The zero-order chi connectivity index (χ0) is 25.5. The molecule has 1 fully saturated rings. The number of carboxylic acid groups (broad SMARTS) is 1. The Balaban J connectivity index is 1.65. The topological polar surface area (TPSA) is 79.7 Å². The van der Waals surface area contributed by atoms with Crippen molar-refractivity contribution < 1.29 is 20.8 Å². The summed E-state index contributed by atoms with van der Waals surface area (Å²) in [7, 11) is 1.57. The number of pyridine rings is 1. The van der Waals surface area contributed by atoms with Crippen LogP contribution in [-0.4, -0.2) is 29.1 Å². The van der Waals surface area contributed by atoms with Crippen LogP contribution in [-0.2, 0) is 16.1 Å². The van der Waals surface area contributed by atoms with Gasteiger partial charge in [0.1, 0.15) is 0 Å². The van der Waals surface area contributed by atoms with Crippen LogP contribution >= 0.6 is 0 Å². The monoisotopic (exact) mass is 471 g/mol. The number of amides is 1. The van der Waals surface area contributed by atoms with E-state index in [1.165, 1.54) is 6.08 Å². The van der Waals surface area contributed by atoms with E-state index < -0.39 is 12.5 Å². The minimum atomic E-state index is -1.04. The first-order valence-electron chi connectivity index (χ1n) is 12.4. The van der Waals surface area contributed by atoms with Crippen LogP contribution in [0.15, 0.2) is 72.9 Å². The van der Waals surface area contributed by atoms with Crippen LogP contribution < -0.4 is 9.64 Å². The molecule has 1 N–H and O–H groups in total. The van der Waals surface area contributed by atoms with Gasteiger partial charge in [-0.25, -0.2) is 9.78 Å². The number of aliphatic carboxylic acids is 1. The molecule has 35 heavy (non-hydrogen) atoms. The lowest BCUT2D eigenvalue weighted by Crippen LogP contribution is -2.36. The van der Waals surface area contributed by atoms with Gasteiger partial charge in [-0.1, -0.05) is 55.7 Å². The Morgan fingerprint density at radius 2 is 1.83 bits per heavy atom. The number of ether oxygens (including phenoxy) is 1. The van der Waals surface area contributed by atoms with E-state index in [1.807, 2.05) is 30.3 Å². The predicted molar refractivity (Wildman–Crippen MR) is 137 cm³/mol. The molecule has 1 atom stereocenters. The molecule has 6 heteroatoms. The fraction of sp³-hybridized carbons (Fsp3) is 0.276. The summed E-state index contributed by atoms with van der Waals surface area (Å²) in [4.78, 5) is 30.5. The summed E-state index contributed by atoms with van der Waals surface area (Å²) in [5.74, 6) is -0.674. The van der Waals surface area contributed by atoms with Gasteiger partial charge in [0.05, 0.1) is 15.0 Å². The Hall–Kier alpha value is -3.93. The summed E-state index contributed by atoms with van der Waals surface area (Å²) in [6, 6.07) is 18.4. The normalized spacial score (nSPS) is 15.4. The van der Waals surface area contributed by atoms with Crippen molar-refractivity contribution in [1.29, 1.82) is 0 Å². The van der Waals surface area contributed by atoms with E-state index in [4.69, 9.17) is 11.2 Å². The number of nitrogens with zero attached hydrogens (tertiary/aromatic N) is 2. The fourth-order valence-corrected chi connectivity index (χ4v) is 4.34. The van der Waals surface area contributed by atoms with Crippen LogP contribution in [0.5, 0.6) is 5.88 Å². The molecule has 1 aromatic heterocycles. The second-order valence-electron chi connectivity index (χ2n) is 8.65. The van der Waals surface area contributed by atoms with Gasteiger partial charge >= 0.3 is 5.97 Å². The molecule has 0 bridgehead atoms. The maximum absolute atomic E-state index is 13.7. The van der Waals surface area contributed by atoms with E-state index in [-0.39, 0.29) is 11.8 Å². The van der Waals surface area contributed by atoms with Crippen LogP contribution in [0.3, 0.4) is 0 Å².